The minimum atomic E-state index is -3.78. The van der Waals surface area contributed by atoms with Crippen molar-refractivity contribution in [1.29, 1.82) is 0 Å². The van der Waals surface area contributed by atoms with Crippen molar-refractivity contribution in [3.63, 3.8) is 0 Å². The fourth-order valence-corrected chi connectivity index (χ4v) is 2.38. The lowest BCUT2D eigenvalue weighted by Gasteiger charge is -2.10. The van der Waals surface area contributed by atoms with Crippen molar-refractivity contribution in [2.45, 2.75) is 12.5 Å². The summed E-state index contributed by atoms with van der Waals surface area (Å²) in [5.74, 6) is -1.22. The quantitative estimate of drug-likeness (QED) is 0.693. The van der Waals surface area contributed by atoms with E-state index < -0.39 is 35.1 Å². The third-order valence-electron chi connectivity index (χ3n) is 2.82. The average molecular weight is 413 g/mol. The van der Waals surface area contributed by atoms with E-state index in [0.29, 0.717) is 0 Å². The van der Waals surface area contributed by atoms with E-state index in [2.05, 4.69) is 14.8 Å². The molecule has 0 bridgehead atoms. The van der Waals surface area contributed by atoms with Crippen LogP contribution in [0.3, 0.4) is 0 Å². The standard InChI is InChI=1S/C13H12ClF3N4O4S/c1-26(23,24)20-13(22)7-2-3-9(18-11(7)14)21-5-4-10(19-21)25-12(17)8(16)6-15/h2-5,8,12H,6H2,1H3,(H,20,22). The van der Waals surface area contributed by atoms with Crippen molar-refractivity contribution in [1.82, 2.24) is 19.5 Å². The largest absolute Gasteiger partial charge is 0.439 e. The lowest BCUT2D eigenvalue weighted by molar-refractivity contribution is -0.0179. The normalized spacial score (nSPS) is 13.9. The zero-order chi connectivity index (χ0) is 19.5. The lowest BCUT2D eigenvalue weighted by atomic mass is 10.3. The van der Waals surface area contributed by atoms with Crippen LogP contribution in [0, 0.1) is 0 Å². The Balaban J connectivity index is 2.18. The first kappa shape index (κ1) is 20.0. The third kappa shape index (κ3) is 5.08. The number of nitrogens with one attached hydrogen (secondary N) is 1. The maximum atomic E-state index is 13.2. The smallest absolute Gasteiger partial charge is 0.273 e. The number of carbonyl (C=O) groups excluding carboxylic acids is 1. The van der Waals surface area contributed by atoms with Gasteiger partial charge in [-0.1, -0.05) is 11.6 Å². The highest BCUT2D eigenvalue weighted by molar-refractivity contribution is 7.89. The lowest BCUT2D eigenvalue weighted by Crippen LogP contribution is -2.29. The van der Waals surface area contributed by atoms with Gasteiger partial charge in [-0.05, 0) is 12.1 Å². The molecular weight excluding hydrogens is 401 g/mol. The second kappa shape index (κ2) is 7.91. The number of nitrogens with zero attached hydrogens (tertiary/aromatic N) is 3. The molecule has 13 heteroatoms. The van der Waals surface area contributed by atoms with Crippen LogP contribution in [0.25, 0.3) is 5.82 Å². The molecule has 1 amide bonds. The molecule has 0 fully saturated rings. The molecule has 0 aliphatic rings. The van der Waals surface area contributed by atoms with Crippen molar-refractivity contribution in [3.05, 3.63) is 35.1 Å². The molecule has 26 heavy (non-hydrogen) atoms. The monoisotopic (exact) mass is 412 g/mol. The molecule has 142 valence electrons. The first-order valence-electron chi connectivity index (χ1n) is 6.86. The number of alkyl halides is 3. The predicted molar refractivity (Wildman–Crippen MR) is 85.1 cm³/mol. The van der Waals surface area contributed by atoms with Crippen molar-refractivity contribution >= 4 is 27.5 Å². The summed E-state index contributed by atoms with van der Waals surface area (Å²) in [6.45, 7) is -1.55. The number of ether oxygens (including phenoxy) is 1. The van der Waals surface area contributed by atoms with Crippen molar-refractivity contribution in [2.24, 2.45) is 0 Å². The topological polar surface area (TPSA) is 103 Å². The minimum absolute atomic E-state index is 0.0819. The Hall–Kier alpha value is -2.34. The molecule has 2 aromatic heterocycles. The molecule has 0 aromatic carbocycles. The summed E-state index contributed by atoms with van der Waals surface area (Å²) in [5.41, 5.74) is -0.198. The molecule has 1 N–H and O–H groups in total. The van der Waals surface area contributed by atoms with Gasteiger partial charge in [0, 0.05) is 12.3 Å². The predicted octanol–water partition coefficient (Wildman–Crippen LogP) is 1.59. The number of hydrogen-bond donors (Lipinski definition) is 1. The van der Waals surface area contributed by atoms with Gasteiger partial charge in [0.05, 0.1) is 11.8 Å². The number of amides is 1. The van der Waals surface area contributed by atoms with Gasteiger partial charge < -0.3 is 4.74 Å². The first-order chi connectivity index (χ1) is 12.1. The van der Waals surface area contributed by atoms with E-state index >= 15 is 0 Å². The molecule has 0 aliphatic carbocycles. The van der Waals surface area contributed by atoms with Gasteiger partial charge in [0.2, 0.25) is 15.9 Å². The van der Waals surface area contributed by atoms with E-state index in [-0.39, 0.29) is 22.4 Å². The molecule has 2 aromatic rings. The highest BCUT2D eigenvalue weighted by atomic mass is 35.5. The maximum absolute atomic E-state index is 13.2. The number of pyridine rings is 1. The van der Waals surface area contributed by atoms with Gasteiger partial charge in [0.15, 0.2) is 12.0 Å². The Morgan fingerprint density at radius 2 is 2.08 bits per heavy atom. The molecule has 0 radical (unpaired) electrons. The number of rotatable bonds is 7. The van der Waals surface area contributed by atoms with Gasteiger partial charge in [0.25, 0.3) is 12.3 Å². The molecule has 0 saturated carbocycles. The Labute approximate surface area is 151 Å². The van der Waals surface area contributed by atoms with Crippen LogP contribution in [0.15, 0.2) is 24.4 Å². The second-order valence-corrected chi connectivity index (χ2v) is 7.06. The summed E-state index contributed by atoms with van der Waals surface area (Å²) in [6, 6.07) is 3.66. The summed E-state index contributed by atoms with van der Waals surface area (Å²) < 4.78 is 67.5. The SMILES string of the molecule is CS(=O)(=O)NC(=O)c1ccc(-n2ccc(OC(F)C(F)CF)n2)nc1Cl. The van der Waals surface area contributed by atoms with E-state index in [4.69, 9.17) is 11.6 Å². The number of aromatic nitrogens is 3. The fraction of sp³-hybridized carbons (Fsp3) is 0.308. The van der Waals surface area contributed by atoms with E-state index in [1.54, 1.807) is 4.72 Å². The summed E-state index contributed by atoms with van der Waals surface area (Å²) in [6.07, 6.45) is -2.89. The Bertz CT molecular complexity index is 909. The van der Waals surface area contributed by atoms with Gasteiger partial charge in [0.1, 0.15) is 11.8 Å². The molecule has 2 unspecified atom stereocenters. The summed E-state index contributed by atoms with van der Waals surface area (Å²) >= 11 is 5.86. The molecule has 2 heterocycles. The van der Waals surface area contributed by atoms with E-state index in [9.17, 15) is 26.4 Å². The van der Waals surface area contributed by atoms with Crippen LogP contribution < -0.4 is 9.46 Å². The molecular formula is C13H12ClF3N4O4S. The van der Waals surface area contributed by atoms with Crippen molar-refractivity contribution in [2.75, 3.05) is 12.9 Å². The summed E-state index contributed by atoms with van der Waals surface area (Å²) in [5, 5.41) is 3.45. The van der Waals surface area contributed by atoms with Crippen LogP contribution in [-0.2, 0) is 10.0 Å². The van der Waals surface area contributed by atoms with Crippen molar-refractivity contribution < 1.29 is 31.1 Å². The van der Waals surface area contributed by atoms with Gasteiger partial charge in [-0.2, -0.15) is 4.39 Å². The fourth-order valence-electron chi connectivity index (χ4n) is 1.70. The number of halogens is 4. The summed E-state index contributed by atoms with van der Waals surface area (Å²) in [4.78, 5) is 15.6. The maximum Gasteiger partial charge on any atom is 0.273 e. The molecule has 2 atom stereocenters. The highest BCUT2D eigenvalue weighted by Crippen LogP contribution is 2.19. The highest BCUT2D eigenvalue weighted by Gasteiger charge is 2.23. The molecule has 0 aliphatic heterocycles. The Morgan fingerprint density at radius 1 is 1.38 bits per heavy atom. The van der Waals surface area contributed by atoms with Gasteiger partial charge in [-0.15, -0.1) is 5.10 Å². The van der Waals surface area contributed by atoms with Gasteiger partial charge in [-0.3, -0.25) is 4.79 Å². The zero-order valence-electron chi connectivity index (χ0n) is 13.1. The van der Waals surface area contributed by atoms with Crippen LogP contribution in [-0.4, -0.2) is 54.5 Å². The van der Waals surface area contributed by atoms with E-state index in [0.717, 1.165) is 10.9 Å². The number of carbonyl (C=O) groups is 1. The number of hydrogen-bond acceptors (Lipinski definition) is 6. The Morgan fingerprint density at radius 3 is 2.65 bits per heavy atom. The first-order valence-corrected chi connectivity index (χ1v) is 9.13. The van der Waals surface area contributed by atoms with E-state index in [1.165, 1.54) is 24.4 Å². The second-order valence-electron chi connectivity index (χ2n) is 4.95. The minimum Gasteiger partial charge on any atom is -0.439 e. The van der Waals surface area contributed by atoms with Crippen LogP contribution >= 0.6 is 11.6 Å². The van der Waals surface area contributed by atoms with E-state index in [1.807, 2.05) is 0 Å². The van der Waals surface area contributed by atoms with Crippen molar-refractivity contribution in [3.8, 4) is 11.7 Å². The van der Waals surface area contributed by atoms with Crippen LogP contribution in [0.5, 0.6) is 5.88 Å². The average Bonchev–Trinajstić information content (AvgIpc) is 3.00. The third-order valence-corrected chi connectivity index (χ3v) is 3.67. The van der Waals surface area contributed by atoms with Gasteiger partial charge in [-0.25, -0.2) is 31.6 Å². The van der Waals surface area contributed by atoms with Crippen LogP contribution in [0.4, 0.5) is 13.2 Å². The Kier molecular flexibility index (Phi) is 6.08. The van der Waals surface area contributed by atoms with Crippen LogP contribution in [0.1, 0.15) is 10.4 Å². The molecule has 0 spiro atoms. The van der Waals surface area contributed by atoms with Gasteiger partial charge >= 0.3 is 0 Å². The molecule has 0 saturated heterocycles. The molecule has 2 rings (SSSR count). The molecule has 8 nitrogen and oxygen atoms in total. The summed E-state index contributed by atoms with van der Waals surface area (Å²) in [7, 11) is -3.78. The van der Waals surface area contributed by atoms with Crippen LogP contribution in [0.2, 0.25) is 5.15 Å². The zero-order valence-corrected chi connectivity index (χ0v) is 14.6. The number of sulfonamides is 1.